The lowest BCUT2D eigenvalue weighted by molar-refractivity contribution is 0.624. The summed E-state index contributed by atoms with van der Waals surface area (Å²) in [6.45, 7) is 0. The maximum absolute atomic E-state index is 12.7. The highest BCUT2D eigenvalue weighted by Crippen LogP contribution is 2.03. The predicted molar refractivity (Wildman–Crippen MR) is 47.3 cm³/mol. The summed E-state index contributed by atoms with van der Waals surface area (Å²) < 4.78 is 15.3. The van der Waals surface area contributed by atoms with Crippen molar-refractivity contribution < 1.29 is 4.39 Å². The van der Waals surface area contributed by atoms with E-state index in [1.54, 1.807) is 18.2 Å². The Morgan fingerprint density at radius 2 is 2.00 bits per heavy atom. The first-order valence-corrected chi connectivity index (χ1v) is 3.78. The molecule has 0 aliphatic rings. The summed E-state index contributed by atoms with van der Waals surface area (Å²) in [6, 6.07) is 6.46. The lowest BCUT2D eigenvalue weighted by Gasteiger charge is -1.89. The molecule has 0 aliphatic carbocycles. The molecule has 0 spiro atoms. The van der Waals surface area contributed by atoms with Gasteiger partial charge in [-0.3, -0.25) is 0 Å². The molecule has 10 heavy (non-hydrogen) atoms. The highest BCUT2D eigenvalue weighted by Gasteiger charge is 1.93. The van der Waals surface area contributed by atoms with Gasteiger partial charge in [0.25, 0.3) is 0 Å². The molecule has 1 aromatic rings. The summed E-state index contributed by atoms with van der Waals surface area (Å²) in [7, 11) is 0. The fourth-order valence-corrected chi connectivity index (χ4v) is 0.904. The minimum Gasteiger partial charge on any atom is -0.206 e. The van der Waals surface area contributed by atoms with Crippen LogP contribution < -0.4 is 0 Å². The van der Waals surface area contributed by atoms with Crippen molar-refractivity contribution in [3.8, 4) is 9.85 Å². The van der Waals surface area contributed by atoms with Crippen LogP contribution in [0.25, 0.3) is 0 Å². The Kier molecular flexibility index (Phi) is 2.69. The fraction of sp³-hybridized carbons (Fsp3) is 0. The summed E-state index contributed by atoms with van der Waals surface area (Å²) in [5.41, 5.74) is 0.455. The monoisotopic (exact) mass is 246 g/mol. The van der Waals surface area contributed by atoms with Crippen molar-refractivity contribution in [2.75, 3.05) is 0 Å². The normalized spacial score (nSPS) is 8.20. The Hall–Kier alpha value is -0.560. The van der Waals surface area contributed by atoms with Crippen molar-refractivity contribution in [3.05, 3.63) is 35.6 Å². The molecule has 0 bridgehead atoms. The van der Waals surface area contributed by atoms with Crippen molar-refractivity contribution in [2.45, 2.75) is 0 Å². The minimum absolute atomic E-state index is 0.258. The molecule has 0 heterocycles. The molecule has 0 radical (unpaired) electrons. The fourth-order valence-electron chi connectivity index (χ4n) is 0.613. The Morgan fingerprint density at radius 3 is 2.60 bits per heavy atom. The van der Waals surface area contributed by atoms with Crippen LogP contribution in [0.1, 0.15) is 5.56 Å². The van der Waals surface area contributed by atoms with Gasteiger partial charge in [-0.15, -0.1) is 0 Å². The second kappa shape index (κ2) is 3.57. The number of hydrogen-bond donors (Lipinski definition) is 0. The molecular formula is C8H4FI. The molecular weight excluding hydrogens is 242 g/mol. The van der Waals surface area contributed by atoms with E-state index < -0.39 is 0 Å². The topological polar surface area (TPSA) is 0 Å². The van der Waals surface area contributed by atoms with Crippen molar-refractivity contribution in [2.24, 2.45) is 0 Å². The molecule has 0 N–H and O–H groups in total. The van der Waals surface area contributed by atoms with Gasteiger partial charge in [0.2, 0.25) is 0 Å². The van der Waals surface area contributed by atoms with Crippen LogP contribution in [0.3, 0.4) is 0 Å². The summed E-state index contributed by atoms with van der Waals surface area (Å²) in [5, 5.41) is 0. The molecule has 0 saturated heterocycles. The number of rotatable bonds is 0. The van der Waals surface area contributed by atoms with Crippen LogP contribution in [0.15, 0.2) is 24.3 Å². The van der Waals surface area contributed by atoms with Crippen LogP contribution in [-0.4, -0.2) is 0 Å². The van der Waals surface area contributed by atoms with Gasteiger partial charge in [-0.1, -0.05) is 18.1 Å². The van der Waals surface area contributed by atoms with Crippen LogP contribution >= 0.6 is 22.6 Å². The van der Waals surface area contributed by atoms with Crippen molar-refractivity contribution in [1.29, 1.82) is 0 Å². The largest absolute Gasteiger partial charge is 0.206 e. The first kappa shape index (κ1) is 7.55. The maximum atomic E-state index is 12.7. The summed E-state index contributed by atoms with van der Waals surface area (Å²) in [4.78, 5) is 0. The van der Waals surface area contributed by atoms with E-state index in [1.807, 2.05) is 22.6 Å². The number of halogens is 2. The summed E-state index contributed by atoms with van der Waals surface area (Å²) >= 11 is 1.88. The smallest absolute Gasteiger partial charge is 0.138 e. The van der Waals surface area contributed by atoms with Crippen LogP contribution in [-0.2, 0) is 0 Å². The molecule has 0 saturated carbocycles. The molecule has 0 aliphatic heterocycles. The molecule has 1 rings (SSSR count). The third-order valence-electron chi connectivity index (χ3n) is 1.06. The quantitative estimate of drug-likeness (QED) is 0.487. The van der Waals surface area contributed by atoms with E-state index in [2.05, 4.69) is 9.85 Å². The van der Waals surface area contributed by atoms with Crippen molar-refractivity contribution in [1.82, 2.24) is 0 Å². The van der Waals surface area contributed by atoms with Crippen LogP contribution in [0.2, 0.25) is 0 Å². The molecule has 50 valence electrons. The first-order chi connectivity index (χ1) is 4.84. The van der Waals surface area contributed by atoms with Crippen LogP contribution in [0.5, 0.6) is 0 Å². The Bertz CT molecular complexity index is 283. The standard InChI is InChI=1S/C8H4FI/c9-8-4-2-1-3-7(8)5-6-10/h1-4H. The van der Waals surface area contributed by atoms with Gasteiger partial charge in [0.05, 0.1) is 5.56 Å². The zero-order valence-electron chi connectivity index (χ0n) is 5.07. The van der Waals surface area contributed by atoms with Gasteiger partial charge in [-0.25, -0.2) is 4.39 Å². The zero-order valence-corrected chi connectivity index (χ0v) is 7.22. The van der Waals surface area contributed by atoms with E-state index in [0.29, 0.717) is 5.56 Å². The van der Waals surface area contributed by atoms with Gasteiger partial charge >= 0.3 is 0 Å². The lowest BCUT2D eigenvalue weighted by atomic mass is 10.2. The maximum Gasteiger partial charge on any atom is 0.138 e. The van der Waals surface area contributed by atoms with E-state index in [-0.39, 0.29) is 5.82 Å². The van der Waals surface area contributed by atoms with Gasteiger partial charge in [0.15, 0.2) is 0 Å². The molecule has 0 aromatic heterocycles. The van der Waals surface area contributed by atoms with Crippen LogP contribution in [0, 0.1) is 15.7 Å². The van der Waals surface area contributed by atoms with Crippen LogP contribution in [0.4, 0.5) is 4.39 Å². The minimum atomic E-state index is -0.258. The first-order valence-electron chi connectivity index (χ1n) is 2.71. The van der Waals surface area contributed by atoms with Crippen molar-refractivity contribution in [3.63, 3.8) is 0 Å². The third-order valence-corrected chi connectivity index (χ3v) is 1.33. The highest BCUT2D eigenvalue weighted by molar-refractivity contribution is 14.1. The number of benzene rings is 1. The molecule has 0 unspecified atom stereocenters. The second-order valence-corrected chi connectivity index (χ2v) is 2.24. The summed E-state index contributed by atoms with van der Waals surface area (Å²) in [5.74, 6) is 2.38. The average molecular weight is 246 g/mol. The Labute approximate surface area is 72.6 Å². The van der Waals surface area contributed by atoms with Gasteiger partial charge in [0.1, 0.15) is 5.82 Å². The molecule has 2 heteroatoms. The van der Waals surface area contributed by atoms with E-state index in [1.165, 1.54) is 6.07 Å². The molecule has 0 nitrogen and oxygen atoms in total. The Morgan fingerprint density at radius 1 is 1.30 bits per heavy atom. The zero-order chi connectivity index (χ0) is 7.40. The second-order valence-electron chi connectivity index (χ2n) is 1.70. The van der Waals surface area contributed by atoms with E-state index in [9.17, 15) is 4.39 Å². The van der Waals surface area contributed by atoms with Gasteiger partial charge in [-0.05, 0) is 16.1 Å². The highest BCUT2D eigenvalue weighted by atomic mass is 127. The Balaban J connectivity index is 3.11. The average Bonchev–Trinajstić information content (AvgIpc) is 1.94. The predicted octanol–water partition coefficient (Wildman–Crippen LogP) is 2.57. The molecule has 1 aromatic carbocycles. The van der Waals surface area contributed by atoms with Crippen molar-refractivity contribution >= 4 is 22.6 Å². The SMILES string of the molecule is Fc1ccccc1C#CI. The van der Waals surface area contributed by atoms with Gasteiger partial charge in [0, 0.05) is 22.6 Å². The molecule has 0 atom stereocenters. The molecule has 0 fully saturated rings. The molecule has 0 amide bonds. The van der Waals surface area contributed by atoms with E-state index in [4.69, 9.17) is 0 Å². The van der Waals surface area contributed by atoms with E-state index in [0.717, 1.165) is 0 Å². The van der Waals surface area contributed by atoms with Gasteiger partial charge < -0.3 is 0 Å². The lowest BCUT2D eigenvalue weighted by Crippen LogP contribution is -1.79. The summed E-state index contributed by atoms with van der Waals surface area (Å²) in [6.07, 6.45) is 0. The van der Waals surface area contributed by atoms with E-state index >= 15 is 0 Å². The van der Waals surface area contributed by atoms with Gasteiger partial charge in [-0.2, -0.15) is 0 Å². The number of hydrogen-bond acceptors (Lipinski definition) is 0. The third kappa shape index (κ3) is 1.71.